The van der Waals surface area contributed by atoms with Crippen LogP contribution in [0.15, 0.2) is 29.4 Å². The quantitative estimate of drug-likeness (QED) is 0.790. The Morgan fingerprint density at radius 2 is 2.10 bits per heavy atom. The number of nitrogens with one attached hydrogen (secondary N) is 2. The van der Waals surface area contributed by atoms with Crippen LogP contribution in [-0.4, -0.2) is 27.8 Å². The zero-order valence-electron chi connectivity index (χ0n) is 11.7. The molecule has 2 aromatic rings. The van der Waals surface area contributed by atoms with Gasteiger partial charge in [0.2, 0.25) is 0 Å². The number of carboxylic acids is 1. The number of hydrogen-bond donors (Lipinski definition) is 3. The highest BCUT2D eigenvalue weighted by Crippen LogP contribution is 2.30. The summed E-state index contributed by atoms with van der Waals surface area (Å²) in [5, 5.41) is 13.1. The number of carbonyl (C=O) groups is 2. The third-order valence-electron chi connectivity index (χ3n) is 3.84. The van der Waals surface area contributed by atoms with Gasteiger partial charge in [-0.25, -0.2) is 9.79 Å². The van der Waals surface area contributed by atoms with Crippen LogP contribution in [-0.2, 0) is 4.79 Å². The van der Waals surface area contributed by atoms with Gasteiger partial charge in [0.15, 0.2) is 0 Å². The van der Waals surface area contributed by atoms with Crippen LogP contribution < -0.4 is 5.32 Å². The Hall–Kier alpha value is -2.63. The third-order valence-corrected chi connectivity index (χ3v) is 3.84. The highest BCUT2D eigenvalue weighted by atomic mass is 16.4. The summed E-state index contributed by atoms with van der Waals surface area (Å²) in [4.78, 5) is 30.0. The van der Waals surface area contributed by atoms with E-state index in [1.54, 1.807) is 6.92 Å². The van der Waals surface area contributed by atoms with E-state index in [2.05, 4.69) is 15.3 Å². The van der Waals surface area contributed by atoms with Crippen LogP contribution in [0.25, 0.3) is 10.9 Å². The molecule has 0 spiro atoms. The second-order valence-electron chi connectivity index (χ2n) is 5.28. The van der Waals surface area contributed by atoms with Gasteiger partial charge in [0, 0.05) is 17.4 Å². The van der Waals surface area contributed by atoms with Gasteiger partial charge in [0.05, 0.1) is 6.04 Å². The molecule has 108 valence electrons. The normalized spacial score (nSPS) is 22.0. The van der Waals surface area contributed by atoms with Crippen molar-refractivity contribution in [1.82, 2.24) is 10.3 Å². The van der Waals surface area contributed by atoms with E-state index in [0.29, 0.717) is 5.71 Å². The first-order chi connectivity index (χ1) is 9.97. The topological polar surface area (TPSA) is 94.5 Å². The van der Waals surface area contributed by atoms with Crippen molar-refractivity contribution in [2.45, 2.75) is 19.9 Å². The number of fused-ring (bicyclic) bond motifs is 1. The number of carbonyl (C=O) groups excluding carboxylic acids is 1. The summed E-state index contributed by atoms with van der Waals surface area (Å²) in [6.07, 6.45) is 1.84. The van der Waals surface area contributed by atoms with Gasteiger partial charge in [-0.05, 0) is 42.5 Å². The maximum absolute atomic E-state index is 11.6. The lowest BCUT2D eigenvalue weighted by atomic mass is 9.87. The van der Waals surface area contributed by atoms with Gasteiger partial charge in [0.1, 0.15) is 5.92 Å². The number of aryl methyl sites for hydroxylation is 1. The molecule has 6 nitrogen and oxygen atoms in total. The number of carboxylic acid groups (broad SMARTS) is 1. The molecule has 0 bridgehead atoms. The molecule has 3 N–H and O–H groups in total. The Kier molecular flexibility index (Phi) is 3.01. The number of aromatic amines is 1. The van der Waals surface area contributed by atoms with E-state index in [-0.39, 0.29) is 0 Å². The molecule has 0 saturated carbocycles. The summed E-state index contributed by atoms with van der Waals surface area (Å²) in [5.41, 5.74) is 3.11. The molecule has 1 aliphatic rings. The standard InChI is InChI=1S/C15H15N3O3/c1-7-5-10(6-9-3-4-16-12(7)9)13-11(14(19)20)8(2)17-15(21)18-13/h3-6,11,13,16H,1-2H3,(H,18,21)(H,19,20). The van der Waals surface area contributed by atoms with Crippen molar-refractivity contribution in [3.63, 3.8) is 0 Å². The Bertz CT molecular complexity index is 776. The number of benzene rings is 1. The number of nitrogens with zero attached hydrogens (tertiary/aromatic N) is 1. The predicted molar refractivity (Wildman–Crippen MR) is 78.5 cm³/mol. The molecule has 0 aliphatic carbocycles. The molecule has 21 heavy (non-hydrogen) atoms. The lowest BCUT2D eigenvalue weighted by molar-refractivity contribution is -0.140. The lowest BCUT2D eigenvalue weighted by Gasteiger charge is -2.28. The van der Waals surface area contributed by atoms with Gasteiger partial charge < -0.3 is 15.4 Å². The van der Waals surface area contributed by atoms with E-state index in [4.69, 9.17) is 0 Å². The molecule has 1 aliphatic heterocycles. The minimum Gasteiger partial charge on any atom is -0.481 e. The number of H-pyrrole nitrogens is 1. The highest BCUT2D eigenvalue weighted by Gasteiger charge is 2.36. The fraction of sp³-hybridized carbons (Fsp3) is 0.267. The van der Waals surface area contributed by atoms with E-state index in [1.165, 1.54) is 0 Å². The van der Waals surface area contributed by atoms with Gasteiger partial charge in [-0.2, -0.15) is 0 Å². The molecule has 2 atom stereocenters. The molecule has 1 aromatic carbocycles. The van der Waals surface area contributed by atoms with Gasteiger partial charge in [-0.3, -0.25) is 4.79 Å². The Morgan fingerprint density at radius 3 is 2.81 bits per heavy atom. The van der Waals surface area contributed by atoms with Crippen molar-refractivity contribution in [2.24, 2.45) is 10.9 Å². The van der Waals surface area contributed by atoms with E-state index < -0.39 is 24.0 Å². The fourth-order valence-corrected chi connectivity index (χ4v) is 2.88. The van der Waals surface area contributed by atoms with Gasteiger partial charge in [0.25, 0.3) is 0 Å². The molecule has 2 heterocycles. The number of aromatic nitrogens is 1. The van der Waals surface area contributed by atoms with Crippen molar-refractivity contribution in [3.8, 4) is 0 Å². The number of rotatable bonds is 2. The first kappa shape index (κ1) is 13.4. The van der Waals surface area contributed by atoms with Crippen LogP contribution in [0.3, 0.4) is 0 Å². The van der Waals surface area contributed by atoms with Gasteiger partial charge in [-0.1, -0.05) is 6.07 Å². The Labute approximate surface area is 120 Å². The average molecular weight is 285 g/mol. The predicted octanol–water partition coefficient (Wildman–Crippen LogP) is 2.40. The summed E-state index contributed by atoms with van der Waals surface area (Å²) >= 11 is 0. The minimum absolute atomic E-state index is 0.322. The van der Waals surface area contributed by atoms with Crippen LogP contribution in [0, 0.1) is 12.8 Å². The fourth-order valence-electron chi connectivity index (χ4n) is 2.88. The zero-order valence-corrected chi connectivity index (χ0v) is 11.7. The van der Waals surface area contributed by atoms with Crippen molar-refractivity contribution >= 4 is 28.6 Å². The summed E-state index contributed by atoms with van der Waals surface area (Å²) in [6.45, 7) is 3.52. The number of aliphatic carboxylic acids is 1. The molecule has 0 fully saturated rings. The van der Waals surface area contributed by atoms with E-state index in [9.17, 15) is 14.7 Å². The molecule has 1 aromatic heterocycles. The largest absolute Gasteiger partial charge is 0.481 e. The van der Waals surface area contributed by atoms with Crippen LogP contribution in [0.4, 0.5) is 4.79 Å². The van der Waals surface area contributed by atoms with E-state index in [1.807, 2.05) is 31.3 Å². The maximum Gasteiger partial charge on any atom is 0.341 e. The van der Waals surface area contributed by atoms with Gasteiger partial charge in [-0.15, -0.1) is 0 Å². The highest BCUT2D eigenvalue weighted by molar-refractivity contribution is 6.07. The molecular formula is C15H15N3O3. The lowest BCUT2D eigenvalue weighted by Crippen LogP contribution is -2.43. The van der Waals surface area contributed by atoms with Crippen molar-refractivity contribution in [2.75, 3.05) is 0 Å². The molecule has 2 unspecified atom stereocenters. The molecular weight excluding hydrogens is 270 g/mol. The molecule has 0 saturated heterocycles. The zero-order chi connectivity index (χ0) is 15.1. The minimum atomic E-state index is -0.993. The monoisotopic (exact) mass is 285 g/mol. The van der Waals surface area contributed by atoms with Crippen LogP contribution in [0.2, 0.25) is 0 Å². The Balaban J connectivity index is 2.13. The average Bonchev–Trinajstić information content (AvgIpc) is 2.85. The van der Waals surface area contributed by atoms with E-state index in [0.717, 1.165) is 22.0 Å². The number of hydrogen-bond acceptors (Lipinski definition) is 2. The van der Waals surface area contributed by atoms with Gasteiger partial charge >= 0.3 is 12.0 Å². The van der Waals surface area contributed by atoms with E-state index >= 15 is 0 Å². The van der Waals surface area contributed by atoms with Crippen LogP contribution in [0.5, 0.6) is 0 Å². The second-order valence-corrected chi connectivity index (χ2v) is 5.28. The number of amides is 2. The molecule has 3 rings (SSSR count). The van der Waals surface area contributed by atoms with Crippen molar-refractivity contribution in [3.05, 3.63) is 35.5 Å². The van der Waals surface area contributed by atoms with Crippen molar-refractivity contribution < 1.29 is 14.7 Å². The smallest absolute Gasteiger partial charge is 0.341 e. The molecule has 6 heteroatoms. The number of aliphatic imine (C=N–C) groups is 1. The summed E-state index contributed by atoms with van der Waals surface area (Å²) in [7, 11) is 0. The summed E-state index contributed by atoms with van der Waals surface area (Å²) < 4.78 is 0. The van der Waals surface area contributed by atoms with Crippen molar-refractivity contribution in [1.29, 1.82) is 0 Å². The first-order valence-electron chi connectivity index (χ1n) is 6.63. The second kappa shape index (κ2) is 4.73. The van der Waals surface area contributed by atoms with Crippen LogP contribution >= 0.6 is 0 Å². The SMILES string of the molecule is CC1=NC(=O)NC(c2cc(C)c3[nH]ccc3c2)C1C(=O)O. The Morgan fingerprint density at radius 1 is 1.33 bits per heavy atom. The van der Waals surface area contributed by atoms with Crippen LogP contribution in [0.1, 0.15) is 24.1 Å². The summed E-state index contributed by atoms with van der Waals surface area (Å²) in [5.74, 6) is -1.84. The first-order valence-corrected chi connectivity index (χ1v) is 6.63. The summed E-state index contributed by atoms with van der Waals surface area (Å²) in [6, 6.07) is 4.62. The molecule has 0 radical (unpaired) electrons. The third kappa shape index (κ3) is 2.18. The maximum atomic E-state index is 11.6. The number of urea groups is 1. The molecule has 2 amide bonds.